The van der Waals surface area contributed by atoms with E-state index in [4.69, 9.17) is 5.73 Å². The molecule has 4 heteroatoms. The molecule has 0 aliphatic rings. The molecule has 2 aromatic rings. The zero-order valence-corrected chi connectivity index (χ0v) is 12.9. The van der Waals surface area contributed by atoms with Gasteiger partial charge in [-0.2, -0.15) is 5.26 Å². The molecule has 0 aliphatic carbocycles. The van der Waals surface area contributed by atoms with Crippen molar-refractivity contribution in [2.75, 3.05) is 24.7 Å². The van der Waals surface area contributed by atoms with Gasteiger partial charge in [-0.15, -0.1) is 0 Å². The average molecular weight is 280 g/mol. The molecule has 0 atom stereocenters. The molecule has 0 radical (unpaired) electrons. The highest BCUT2D eigenvalue weighted by atomic mass is 15.1. The van der Waals surface area contributed by atoms with Gasteiger partial charge in [0.25, 0.3) is 0 Å². The van der Waals surface area contributed by atoms with Crippen LogP contribution in [0.1, 0.15) is 23.7 Å². The first-order valence-electron chi connectivity index (χ1n) is 6.96. The third-order valence-corrected chi connectivity index (χ3v) is 3.67. The molecule has 21 heavy (non-hydrogen) atoms. The Hall–Kier alpha value is -2.54. The Kier molecular flexibility index (Phi) is 4.13. The second-order valence-corrected chi connectivity index (χ2v) is 5.22. The molecule has 2 N–H and O–H groups in total. The van der Waals surface area contributed by atoms with E-state index in [2.05, 4.69) is 18.0 Å². The lowest BCUT2D eigenvalue weighted by Crippen LogP contribution is -2.08. The topological polar surface area (TPSA) is 65.9 Å². The van der Waals surface area contributed by atoms with Gasteiger partial charge in [0.15, 0.2) is 0 Å². The zero-order valence-electron chi connectivity index (χ0n) is 12.9. The van der Waals surface area contributed by atoms with Crippen molar-refractivity contribution in [2.24, 2.45) is 0 Å². The number of hydrogen-bond acceptors (Lipinski definition) is 4. The Balaban J connectivity index is 2.70. The van der Waals surface area contributed by atoms with Crippen molar-refractivity contribution < 1.29 is 0 Å². The average Bonchev–Trinajstić information content (AvgIpc) is 2.46. The number of rotatable bonds is 3. The second-order valence-electron chi connectivity index (χ2n) is 5.22. The Morgan fingerprint density at radius 3 is 2.33 bits per heavy atom. The molecule has 1 aromatic carbocycles. The third kappa shape index (κ3) is 2.68. The van der Waals surface area contributed by atoms with Gasteiger partial charge in [-0.25, -0.2) is 4.98 Å². The SMILES string of the molecule is CCc1c(C)nc(N)c(C#N)c1-c1ccc(N(C)C)cc1. The van der Waals surface area contributed by atoms with E-state index in [-0.39, 0.29) is 0 Å². The molecule has 0 spiro atoms. The molecule has 4 nitrogen and oxygen atoms in total. The molecule has 1 heterocycles. The summed E-state index contributed by atoms with van der Waals surface area (Å²) >= 11 is 0. The van der Waals surface area contributed by atoms with Gasteiger partial charge >= 0.3 is 0 Å². The van der Waals surface area contributed by atoms with Gasteiger partial charge < -0.3 is 10.6 Å². The molecule has 0 bridgehead atoms. The Morgan fingerprint density at radius 2 is 1.86 bits per heavy atom. The maximum absolute atomic E-state index is 9.44. The standard InChI is InChI=1S/C17H20N4/c1-5-14-11(2)20-17(19)15(10-18)16(14)12-6-8-13(9-7-12)21(3)4/h6-9H,5H2,1-4H3,(H2,19,20). The fourth-order valence-corrected chi connectivity index (χ4v) is 2.55. The molecule has 0 amide bonds. The minimum atomic E-state index is 0.305. The minimum Gasteiger partial charge on any atom is -0.383 e. The van der Waals surface area contributed by atoms with E-state index in [0.717, 1.165) is 34.5 Å². The van der Waals surface area contributed by atoms with Crippen LogP contribution in [0.15, 0.2) is 24.3 Å². The lowest BCUT2D eigenvalue weighted by Gasteiger charge is -2.16. The number of benzene rings is 1. The highest BCUT2D eigenvalue weighted by molar-refractivity contribution is 5.79. The van der Waals surface area contributed by atoms with Crippen LogP contribution in [0.25, 0.3) is 11.1 Å². The van der Waals surface area contributed by atoms with Crippen LogP contribution in [0.3, 0.4) is 0 Å². The normalized spacial score (nSPS) is 10.2. The summed E-state index contributed by atoms with van der Waals surface area (Å²) < 4.78 is 0. The first kappa shape index (κ1) is 14.9. The summed E-state index contributed by atoms with van der Waals surface area (Å²) in [4.78, 5) is 6.34. The molecule has 0 fully saturated rings. The van der Waals surface area contributed by atoms with Crippen molar-refractivity contribution in [1.82, 2.24) is 4.98 Å². The van der Waals surface area contributed by atoms with E-state index in [0.29, 0.717) is 11.4 Å². The number of pyridine rings is 1. The van der Waals surface area contributed by atoms with Crippen LogP contribution >= 0.6 is 0 Å². The number of nitrogens with zero attached hydrogens (tertiary/aromatic N) is 3. The van der Waals surface area contributed by atoms with Gasteiger partial charge in [0.2, 0.25) is 0 Å². The maximum Gasteiger partial charge on any atom is 0.142 e. The first-order valence-corrected chi connectivity index (χ1v) is 6.96. The molecule has 0 saturated carbocycles. The van der Waals surface area contributed by atoms with E-state index in [1.165, 1.54) is 0 Å². The largest absolute Gasteiger partial charge is 0.383 e. The lowest BCUT2D eigenvalue weighted by atomic mass is 9.93. The monoisotopic (exact) mass is 280 g/mol. The minimum absolute atomic E-state index is 0.305. The molecule has 2 rings (SSSR count). The van der Waals surface area contributed by atoms with Crippen LogP contribution in [0.5, 0.6) is 0 Å². The van der Waals surface area contributed by atoms with Crippen molar-refractivity contribution in [3.05, 3.63) is 41.1 Å². The van der Waals surface area contributed by atoms with E-state index < -0.39 is 0 Å². The maximum atomic E-state index is 9.44. The number of nitrogen functional groups attached to an aromatic ring is 1. The number of aryl methyl sites for hydroxylation is 1. The van der Waals surface area contributed by atoms with E-state index in [1.807, 2.05) is 50.2 Å². The van der Waals surface area contributed by atoms with Gasteiger partial charge in [-0.1, -0.05) is 19.1 Å². The molecular formula is C17H20N4. The van der Waals surface area contributed by atoms with Crippen LogP contribution < -0.4 is 10.6 Å². The Morgan fingerprint density at radius 1 is 1.24 bits per heavy atom. The van der Waals surface area contributed by atoms with Crippen LogP contribution in [0, 0.1) is 18.3 Å². The molecule has 108 valence electrons. The molecule has 0 unspecified atom stereocenters. The molecule has 0 aliphatic heterocycles. The second kappa shape index (κ2) is 5.84. The summed E-state index contributed by atoms with van der Waals surface area (Å²) in [5, 5.41) is 9.44. The van der Waals surface area contributed by atoms with E-state index in [9.17, 15) is 5.26 Å². The van der Waals surface area contributed by atoms with Crippen LogP contribution in [0.2, 0.25) is 0 Å². The van der Waals surface area contributed by atoms with Gasteiger partial charge in [0.05, 0.1) is 0 Å². The smallest absolute Gasteiger partial charge is 0.142 e. The number of hydrogen-bond donors (Lipinski definition) is 1. The summed E-state index contributed by atoms with van der Waals surface area (Å²) in [6.45, 7) is 4.01. The van der Waals surface area contributed by atoms with Crippen LogP contribution in [-0.2, 0) is 6.42 Å². The van der Waals surface area contributed by atoms with Crippen molar-refractivity contribution in [1.29, 1.82) is 5.26 Å². The number of aromatic nitrogens is 1. The Labute approximate surface area is 125 Å². The first-order chi connectivity index (χ1) is 9.99. The quantitative estimate of drug-likeness (QED) is 0.938. The fraction of sp³-hybridized carbons (Fsp3) is 0.294. The van der Waals surface area contributed by atoms with Gasteiger partial charge in [-0.3, -0.25) is 0 Å². The highest BCUT2D eigenvalue weighted by Gasteiger charge is 2.16. The van der Waals surface area contributed by atoms with Crippen molar-refractivity contribution >= 4 is 11.5 Å². The zero-order chi connectivity index (χ0) is 15.6. The van der Waals surface area contributed by atoms with Gasteiger partial charge in [-0.05, 0) is 36.6 Å². The summed E-state index contributed by atoms with van der Waals surface area (Å²) in [7, 11) is 4.00. The third-order valence-electron chi connectivity index (χ3n) is 3.67. The lowest BCUT2D eigenvalue weighted by molar-refractivity contribution is 1.05. The number of nitriles is 1. The van der Waals surface area contributed by atoms with Crippen LogP contribution in [0.4, 0.5) is 11.5 Å². The fourth-order valence-electron chi connectivity index (χ4n) is 2.55. The molecule has 1 aromatic heterocycles. The predicted molar refractivity (Wildman–Crippen MR) is 87.2 cm³/mol. The Bertz CT molecular complexity index is 694. The van der Waals surface area contributed by atoms with Crippen LogP contribution in [-0.4, -0.2) is 19.1 Å². The van der Waals surface area contributed by atoms with Crippen molar-refractivity contribution in [3.63, 3.8) is 0 Å². The summed E-state index contributed by atoms with van der Waals surface area (Å²) in [6, 6.07) is 10.4. The molecular weight excluding hydrogens is 260 g/mol. The van der Waals surface area contributed by atoms with E-state index in [1.54, 1.807) is 0 Å². The van der Waals surface area contributed by atoms with E-state index >= 15 is 0 Å². The summed E-state index contributed by atoms with van der Waals surface area (Å²) in [6.07, 6.45) is 0.818. The number of anilines is 2. The van der Waals surface area contributed by atoms with Gasteiger partial charge in [0, 0.05) is 31.0 Å². The summed E-state index contributed by atoms with van der Waals surface area (Å²) in [5.74, 6) is 0.305. The highest BCUT2D eigenvalue weighted by Crippen LogP contribution is 2.33. The van der Waals surface area contributed by atoms with Crippen molar-refractivity contribution in [2.45, 2.75) is 20.3 Å². The van der Waals surface area contributed by atoms with Crippen molar-refractivity contribution in [3.8, 4) is 17.2 Å². The van der Waals surface area contributed by atoms with Gasteiger partial charge in [0.1, 0.15) is 17.5 Å². The summed E-state index contributed by atoms with van der Waals surface area (Å²) in [5.41, 5.74) is 11.4. The predicted octanol–water partition coefficient (Wildman–Crippen LogP) is 3.14. The number of nitrogens with two attached hydrogens (primary N) is 1. The molecule has 0 saturated heterocycles.